The molecule has 1 aromatic rings. The van der Waals surface area contributed by atoms with Gasteiger partial charge in [-0.2, -0.15) is 0 Å². The van der Waals surface area contributed by atoms with Crippen molar-refractivity contribution in [3.05, 3.63) is 29.8 Å². The zero-order valence-electron chi connectivity index (χ0n) is 7.63. The van der Waals surface area contributed by atoms with Crippen molar-refractivity contribution in [2.75, 3.05) is 0 Å². The standard InChI is InChI=1S/C11H10O2/c1-3-6-10-7-4-5-8-11(10)13-9(2)12/h4-5,7-8H,1-2H3. The SMILES string of the molecule is CC#Cc1ccccc1OC(C)=O. The molecular weight excluding hydrogens is 164 g/mol. The minimum Gasteiger partial charge on any atom is -0.425 e. The number of benzene rings is 1. The van der Waals surface area contributed by atoms with E-state index in [1.807, 2.05) is 12.1 Å². The highest BCUT2D eigenvalue weighted by molar-refractivity contribution is 5.70. The van der Waals surface area contributed by atoms with Gasteiger partial charge in [0.25, 0.3) is 0 Å². The van der Waals surface area contributed by atoms with Crippen molar-refractivity contribution < 1.29 is 9.53 Å². The van der Waals surface area contributed by atoms with Crippen LogP contribution >= 0.6 is 0 Å². The lowest BCUT2D eigenvalue weighted by atomic mass is 10.2. The minimum atomic E-state index is -0.328. The molecule has 2 heteroatoms. The summed E-state index contributed by atoms with van der Waals surface area (Å²) < 4.78 is 4.96. The fourth-order valence-electron chi connectivity index (χ4n) is 0.948. The van der Waals surface area contributed by atoms with Gasteiger partial charge >= 0.3 is 5.97 Å². The first-order chi connectivity index (χ1) is 6.24. The summed E-state index contributed by atoms with van der Waals surface area (Å²) in [5, 5.41) is 0. The molecule has 0 aliphatic rings. The van der Waals surface area contributed by atoms with E-state index >= 15 is 0 Å². The molecule has 0 fully saturated rings. The Bertz CT molecular complexity index is 369. The Hall–Kier alpha value is -1.75. The van der Waals surface area contributed by atoms with Crippen molar-refractivity contribution in [1.82, 2.24) is 0 Å². The van der Waals surface area contributed by atoms with E-state index in [9.17, 15) is 4.79 Å². The summed E-state index contributed by atoms with van der Waals surface area (Å²) in [6.45, 7) is 3.11. The van der Waals surface area contributed by atoms with Gasteiger partial charge < -0.3 is 4.74 Å². The summed E-state index contributed by atoms with van der Waals surface area (Å²) in [5.41, 5.74) is 0.736. The number of ether oxygens (including phenoxy) is 1. The number of para-hydroxylation sites is 1. The minimum absolute atomic E-state index is 0.328. The third-order valence-electron chi connectivity index (χ3n) is 1.40. The van der Waals surface area contributed by atoms with Crippen LogP contribution in [0.2, 0.25) is 0 Å². The second kappa shape index (κ2) is 4.32. The van der Waals surface area contributed by atoms with Crippen LogP contribution in [0.25, 0.3) is 0 Å². The first-order valence-electron chi connectivity index (χ1n) is 3.94. The molecule has 0 saturated heterocycles. The number of rotatable bonds is 1. The fourth-order valence-corrected chi connectivity index (χ4v) is 0.948. The van der Waals surface area contributed by atoms with Crippen LogP contribution in [0.4, 0.5) is 0 Å². The molecule has 0 aliphatic carbocycles. The second-order valence-electron chi connectivity index (χ2n) is 2.46. The van der Waals surface area contributed by atoms with E-state index in [1.54, 1.807) is 19.1 Å². The Morgan fingerprint density at radius 2 is 2.08 bits per heavy atom. The lowest BCUT2D eigenvalue weighted by molar-refractivity contribution is -0.131. The van der Waals surface area contributed by atoms with E-state index in [0.717, 1.165) is 5.56 Å². The number of carbonyl (C=O) groups is 1. The monoisotopic (exact) mass is 174 g/mol. The van der Waals surface area contributed by atoms with E-state index in [4.69, 9.17) is 4.74 Å². The summed E-state index contributed by atoms with van der Waals surface area (Å²) in [6.07, 6.45) is 0. The molecule has 0 spiro atoms. The molecule has 0 aromatic heterocycles. The van der Waals surface area contributed by atoms with Crippen LogP contribution in [0.1, 0.15) is 19.4 Å². The van der Waals surface area contributed by atoms with Crippen molar-refractivity contribution in [3.63, 3.8) is 0 Å². The highest BCUT2D eigenvalue weighted by atomic mass is 16.5. The Labute approximate surface area is 77.5 Å². The normalized spacial score (nSPS) is 8.46. The average Bonchev–Trinajstić information content (AvgIpc) is 2.08. The van der Waals surface area contributed by atoms with Crippen LogP contribution in [-0.4, -0.2) is 5.97 Å². The van der Waals surface area contributed by atoms with Gasteiger partial charge in [0, 0.05) is 6.92 Å². The molecule has 0 N–H and O–H groups in total. The topological polar surface area (TPSA) is 26.3 Å². The molecule has 0 bridgehead atoms. The second-order valence-corrected chi connectivity index (χ2v) is 2.46. The van der Waals surface area contributed by atoms with Crippen molar-refractivity contribution >= 4 is 5.97 Å². The van der Waals surface area contributed by atoms with Gasteiger partial charge in [-0.1, -0.05) is 18.1 Å². The first kappa shape index (κ1) is 9.34. The molecule has 1 rings (SSSR count). The first-order valence-corrected chi connectivity index (χ1v) is 3.94. The number of esters is 1. The maximum atomic E-state index is 10.7. The Kier molecular flexibility index (Phi) is 3.10. The Morgan fingerprint density at radius 3 is 2.69 bits per heavy atom. The molecule has 0 radical (unpaired) electrons. The predicted octanol–water partition coefficient (Wildman–Crippen LogP) is 1.98. The molecule has 13 heavy (non-hydrogen) atoms. The molecular formula is C11H10O2. The molecule has 0 aliphatic heterocycles. The molecule has 0 unspecified atom stereocenters. The summed E-state index contributed by atoms with van der Waals surface area (Å²) in [4.78, 5) is 10.7. The van der Waals surface area contributed by atoms with Gasteiger partial charge in [0.1, 0.15) is 5.75 Å². The zero-order valence-corrected chi connectivity index (χ0v) is 7.63. The number of hydrogen-bond acceptors (Lipinski definition) is 2. The molecule has 0 heterocycles. The predicted molar refractivity (Wildman–Crippen MR) is 50.3 cm³/mol. The lowest BCUT2D eigenvalue weighted by Crippen LogP contribution is -2.02. The summed E-state index contributed by atoms with van der Waals surface area (Å²) in [6, 6.07) is 7.20. The molecule has 2 nitrogen and oxygen atoms in total. The van der Waals surface area contributed by atoms with E-state index < -0.39 is 0 Å². The maximum Gasteiger partial charge on any atom is 0.308 e. The summed E-state index contributed by atoms with van der Waals surface area (Å²) in [5.74, 6) is 5.80. The van der Waals surface area contributed by atoms with Gasteiger partial charge in [-0.3, -0.25) is 4.79 Å². The largest absolute Gasteiger partial charge is 0.425 e. The summed E-state index contributed by atoms with van der Waals surface area (Å²) in [7, 11) is 0. The molecule has 0 amide bonds. The van der Waals surface area contributed by atoms with Crippen molar-refractivity contribution in [2.24, 2.45) is 0 Å². The van der Waals surface area contributed by atoms with Crippen molar-refractivity contribution in [2.45, 2.75) is 13.8 Å². The third kappa shape index (κ3) is 2.64. The highest BCUT2D eigenvalue weighted by Crippen LogP contribution is 2.16. The van der Waals surface area contributed by atoms with Crippen LogP contribution in [-0.2, 0) is 4.79 Å². The highest BCUT2D eigenvalue weighted by Gasteiger charge is 2.01. The van der Waals surface area contributed by atoms with Gasteiger partial charge in [-0.05, 0) is 19.1 Å². The van der Waals surface area contributed by atoms with Crippen molar-refractivity contribution in [1.29, 1.82) is 0 Å². The zero-order chi connectivity index (χ0) is 9.68. The Balaban J connectivity index is 3.02. The van der Waals surface area contributed by atoms with Gasteiger partial charge in [0.15, 0.2) is 0 Å². The maximum absolute atomic E-state index is 10.7. The molecule has 0 atom stereocenters. The van der Waals surface area contributed by atoms with Crippen LogP contribution in [0.5, 0.6) is 5.75 Å². The molecule has 0 saturated carbocycles. The summed E-state index contributed by atoms with van der Waals surface area (Å²) >= 11 is 0. The van der Waals surface area contributed by atoms with E-state index in [2.05, 4.69) is 11.8 Å². The van der Waals surface area contributed by atoms with Crippen LogP contribution in [0.3, 0.4) is 0 Å². The lowest BCUT2D eigenvalue weighted by Gasteiger charge is -2.02. The number of hydrogen-bond donors (Lipinski definition) is 0. The molecule has 1 aromatic carbocycles. The van der Waals surface area contributed by atoms with Gasteiger partial charge in [0.05, 0.1) is 5.56 Å². The van der Waals surface area contributed by atoms with Gasteiger partial charge in [0.2, 0.25) is 0 Å². The Morgan fingerprint density at radius 1 is 1.38 bits per heavy atom. The third-order valence-corrected chi connectivity index (χ3v) is 1.40. The number of carbonyl (C=O) groups excluding carboxylic acids is 1. The van der Waals surface area contributed by atoms with Gasteiger partial charge in [-0.15, -0.1) is 5.92 Å². The van der Waals surface area contributed by atoms with Crippen molar-refractivity contribution in [3.8, 4) is 17.6 Å². The van der Waals surface area contributed by atoms with Gasteiger partial charge in [-0.25, -0.2) is 0 Å². The van der Waals surface area contributed by atoms with Crippen LogP contribution in [0.15, 0.2) is 24.3 Å². The van der Waals surface area contributed by atoms with Crippen LogP contribution < -0.4 is 4.74 Å². The average molecular weight is 174 g/mol. The smallest absolute Gasteiger partial charge is 0.308 e. The van der Waals surface area contributed by atoms with E-state index in [0.29, 0.717) is 5.75 Å². The fraction of sp³-hybridized carbons (Fsp3) is 0.182. The molecule has 66 valence electrons. The van der Waals surface area contributed by atoms with E-state index in [1.165, 1.54) is 6.92 Å². The van der Waals surface area contributed by atoms with E-state index in [-0.39, 0.29) is 5.97 Å². The van der Waals surface area contributed by atoms with Crippen LogP contribution in [0, 0.1) is 11.8 Å². The quantitative estimate of drug-likeness (QED) is 0.369.